The third-order valence-electron chi connectivity index (χ3n) is 4.92. The van der Waals surface area contributed by atoms with E-state index < -0.39 is 40.8 Å². The highest BCUT2D eigenvalue weighted by molar-refractivity contribution is 6.51. The van der Waals surface area contributed by atoms with Gasteiger partial charge in [0.15, 0.2) is 0 Å². The van der Waals surface area contributed by atoms with Crippen LogP contribution in [0.3, 0.4) is 0 Å². The van der Waals surface area contributed by atoms with Crippen molar-refractivity contribution in [3.63, 3.8) is 0 Å². The molecule has 1 fully saturated rings. The van der Waals surface area contributed by atoms with Crippen LogP contribution in [0.2, 0.25) is 10.0 Å². The number of nitrogens with zero attached hydrogens (tertiary/aromatic N) is 1. The maximum absolute atomic E-state index is 14.6. The highest BCUT2D eigenvalue weighted by Crippen LogP contribution is 2.43. The molecule has 3 aromatic rings. The van der Waals surface area contributed by atoms with E-state index in [1.54, 1.807) is 30.3 Å². The number of carbonyl (C=O) groups is 2. The van der Waals surface area contributed by atoms with Crippen molar-refractivity contribution >= 4 is 46.3 Å². The van der Waals surface area contributed by atoms with Crippen molar-refractivity contribution in [1.29, 1.82) is 0 Å². The average Bonchev–Trinajstić information content (AvgIpc) is 3.02. The van der Waals surface area contributed by atoms with Gasteiger partial charge in [-0.2, -0.15) is 0 Å². The maximum Gasteiger partial charge on any atom is 0.300 e. The second-order valence-corrected chi connectivity index (χ2v) is 7.62. The lowest BCUT2D eigenvalue weighted by atomic mass is 9.95. The molecule has 0 spiro atoms. The number of halogens is 4. The number of aliphatic hydroxyl groups is 1. The van der Waals surface area contributed by atoms with Gasteiger partial charge in [0.1, 0.15) is 17.4 Å². The van der Waals surface area contributed by atoms with Gasteiger partial charge in [-0.3, -0.25) is 14.5 Å². The number of anilines is 1. The number of carbonyl (C=O) groups excluding carboxylic acids is 2. The summed E-state index contributed by atoms with van der Waals surface area (Å²) in [5.41, 5.74) is -0.123. The zero-order valence-electron chi connectivity index (χ0n) is 15.7. The number of hydrogen-bond donors (Lipinski definition) is 1. The van der Waals surface area contributed by atoms with E-state index in [2.05, 4.69) is 0 Å². The molecule has 0 saturated carbocycles. The van der Waals surface area contributed by atoms with E-state index >= 15 is 0 Å². The first-order valence-electron chi connectivity index (χ1n) is 9.06. The van der Waals surface area contributed by atoms with Crippen molar-refractivity contribution < 1.29 is 23.5 Å². The summed E-state index contributed by atoms with van der Waals surface area (Å²) in [7, 11) is 0. The van der Waals surface area contributed by atoms with E-state index in [1.165, 1.54) is 18.2 Å². The molecule has 8 heteroatoms. The molecular weight excluding hydrogens is 447 g/mol. The van der Waals surface area contributed by atoms with Gasteiger partial charge in [0.2, 0.25) is 0 Å². The Morgan fingerprint density at radius 2 is 1.61 bits per heavy atom. The standard InChI is InChI=1S/C23H13Cl2F2NO3/c24-15-8-6-13(10-16(15)25)21(29)19-20(12-4-2-1-3-5-12)28(23(31)22(19)30)18-11-14(26)7-9-17(18)27/h1-11,20,29H/b21-19+. The molecule has 0 aromatic heterocycles. The first-order valence-corrected chi connectivity index (χ1v) is 9.81. The van der Waals surface area contributed by atoms with Crippen molar-refractivity contribution in [3.8, 4) is 0 Å². The molecule has 1 unspecified atom stereocenters. The van der Waals surface area contributed by atoms with E-state index in [0.717, 1.165) is 23.1 Å². The fraction of sp³-hybridized carbons (Fsp3) is 0.0435. The van der Waals surface area contributed by atoms with E-state index in [4.69, 9.17) is 23.2 Å². The molecular formula is C23H13Cl2F2NO3. The summed E-state index contributed by atoms with van der Waals surface area (Å²) in [5, 5.41) is 11.3. The molecule has 31 heavy (non-hydrogen) atoms. The van der Waals surface area contributed by atoms with Crippen LogP contribution in [0.4, 0.5) is 14.5 Å². The normalized spacial score (nSPS) is 17.9. The predicted molar refractivity (Wildman–Crippen MR) is 114 cm³/mol. The number of hydrogen-bond acceptors (Lipinski definition) is 3. The van der Waals surface area contributed by atoms with Crippen molar-refractivity contribution in [2.45, 2.75) is 6.04 Å². The average molecular weight is 460 g/mol. The van der Waals surface area contributed by atoms with E-state index in [0.29, 0.717) is 5.56 Å². The molecule has 1 atom stereocenters. The Balaban J connectivity index is 1.98. The van der Waals surface area contributed by atoms with Gasteiger partial charge in [-0.25, -0.2) is 8.78 Å². The lowest BCUT2D eigenvalue weighted by Gasteiger charge is -2.25. The van der Waals surface area contributed by atoms with Crippen LogP contribution in [0.25, 0.3) is 5.76 Å². The topological polar surface area (TPSA) is 57.6 Å². The van der Waals surface area contributed by atoms with Gasteiger partial charge in [0, 0.05) is 11.6 Å². The summed E-state index contributed by atoms with van der Waals surface area (Å²) < 4.78 is 28.5. The Hall–Kier alpha value is -3.22. The SMILES string of the molecule is O=C1C(=O)N(c2cc(F)ccc2F)C(c2ccccc2)/C1=C(\O)c1ccc(Cl)c(Cl)c1. The maximum atomic E-state index is 14.6. The molecule has 1 aliphatic rings. The molecule has 0 radical (unpaired) electrons. The molecule has 1 N–H and O–H groups in total. The second-order valence-electron chi connectivity index (χ2n) is 6.80. The Bertz CT molecular complexity index is 1240. The summed E-state index contributed by atoms with van der Waals surface area (Å²) in [5.74, 6) is -4.32. The van der Waals surface area contributed by atoms with Crippen molar-refractivity contribution in [2.24, 2.45) is 0 Å². The Labute approximate surface area is 185 Å². The Morgan fingerprint density at radius 3 is 2.29 bits per heavy atom. The van der Waals surface area contributed by atoms with Crippen LogP contribution in [0.1, 0.15) is 17.2 Å². The minimum Gasteiger partial charge on any atom is -0.507 e. The Kier molecular flexibility index (Phi) is 5.52. The fourth-order valence-corrected chi connectivity index (χ4v) is 3.80. The molecule has 156 valence electrons. The molecule has 0 bridgehead atoms. The molecule has 4 rings (SSSR count). The lowest BCUT2D eigenvalue weighted by Crippen LogP contribution is -2.30. The monoisotopic (exact) mass is 459 g/mol. The highest BCUT2D eigenvalue weighted by atomic mass is 35.5. The van der Waals surface area contributed by atoms with Gasteiger partial charge in [-0.05, 0) is 35.9 Å². The molecule has 1 heterocycles. The molecule has 3 aromatic carbocycles. The van der Waals surface area contributed by atoms with Gasteiger partial charge >= 0.3 is 0 Å². The number of rotatable bonds is 3. The van der Waals surface area contributed by atoms with Gasteiger partial charge < -0.3 is 5.11 Å². The number of aliphatic hydroxyl groups excluding tert-OH is 1. The van der Waals surface area contributed by atoms with Crippen LogP contribution in [-0.4, -0.2) is 16.8 Å². The van der Waals surface area contributed by atoms with Crippen molar-refractivity contribution in [1.82, 2.24) is 0 Å². The summed E-state index contributed by atoms with van der Waals surface area (Å²) >= 11 is 11.9. The molecule has 4 nitrogen and oxygen atoms in total. The zero-order valence-corrected chi connectivity index (χ0v) is 17.2. The minimum absolute atomic E-state index is 0.132. The van der Waals surface area contributed by atoms with E-state index in [1.807, 2.05) is 0 Å². The number of amides is 1. The first kappa shape index (κ1) is 21.0. The summed E-state index contributed by atoms with van der Waals surface area (Å²) in [6, 6.07) is 13.9. The molecule has 1 amide bonds. The van der Waals surface area contributed by atoms with Crippen LogP contribution in [0.5, 0.6) is 0 Å². The minimum atomic E-state index is -1.19. The quantitative estimate of drug-likeness (QED) is 0.301. The number of ketones is 1. The zero-order chi connectivity index (χ0) is 22.3. The van der Waals surface area contributed by atoms with Crippen LogP contribution in [-0.2, 0) is 9.59 Å². The van der Waals surface area contributed by atoms with Gasteiger partial charge in [0.25, 0.3) is 11.7 Å². The number of Topliss-reactive ketones (excluding diaryl/α,β-unsaturated/α-hetero) is 1. The summed E-state index contributed by atoms with van der Waals surface area (Å²) in [4.78, 5) is 26.7. The molecule has 1 aliphatic heterocycles. The van der Waals surface area contributed by atoms with E-state index in [-0.39, 0.29) is 21.2 Å². The van der Waals surface area contributed by atoms with Gasteiger partial charge in [-0.15, -0.1) is 0 Å². The highest BCUT2D eigenvalue weighted by Gasteiger charge is 2.47. The summed E-state index contributed by atoms with van der Waals surface area (Å²) in [6.07, 6.45) is 0. The van der Waals surface area contributed by atoms with Gasteiger partial charge in [-0.1, -0.05) is 53.5 Å². The van der Waals surface area contributed by atoms with Crippen molar-refractivity contribution in [2.75, 3.05) is 4.90 Å². The first-order chi connectivity index (χ1) is 14.8. The predicted octanol–water partition coefficient (Wildman–Crippen LogP) is 5.90. The number of benzene rings is 3. The molecule has 0 aliphatic carbocycles. The molecule has 1 saturated heterocycles. The van der Waals surface area contributed by atoms with Crippen LogP contribution in [0, 0.1) is 11.6 Å². The Morgan fingerprint density at radius 1 is 0.903 bits per heavy atom. The van der Waals surface area contributed by atoms with Crippen molar-refractivity contribution in [3.05, 3.63) is 105 Å². The fourth-order valence-electron chi connectivity index (χ4n) is 3.50. The largest absolute Gasteiger partial charge is 0.507 e. The second kappa shape index (κ2) is 8.13. The summed E-state index contributed by atoms with van der Waals surface area (Å²) in [6.45, 7) is 0. The van der Waals surface area contributed by atoms with Gasteiger partial charge in [0.05, 0.1) is 27.3 Å². The third kappa shape index (κ3) is 3.69. The smallest absolute Gasteiger partial charge is 0.300 e. The van der Waals surface area contributed by atoms with Crippen LogP contribution >= 0.6 is 23.2 Å². The van der Waals surface area contributed by atoms with Crippen LogP contribution in [0.15, 0.2) is 72.3 Å². The van der Waals surface area contributed by atoms with Crippen LogP contribution < -0.4 is 4.90 Å². The van der Waals surface area contributed by atoms with E-state index in [9.17, 15) is 23.5 Å². The lowest BCUT2D eigenvalue weighted by molar-refractivity contribution is -0.132. The third-order valence-corrected chi connectivity index (χ3v) is 5.66.